The SMILES string of the molecule is CCCC[N+](CCCC)(CCCC)CCCC.CCCC[N+](CCCC)(CCCC)CCCC.CCCC[N+](CCCC)(CCCC)CCCC.CCCC[N+](CCCC)(CCCC)CCCC.O.[Br-].[Cr+6].[Mo].[Mo].[Mo].[Mo].[Mo].[Mo].[O-2].[O-2].[O-2].[O-2].[O-2].[O-2].[O-2].[O-2].[O-2].[O-2].[O-2].[O-2].[O-2].[O-2].[O-2].[O-2].[O-2].[O-2].[O-]CC(C[O-])(C[O-])c1ccncc1.[OH-].[OH-].[OH-]. The topological polar surface area (TPSA) is 717 Å². The summed E-state index contributed by atoms with van der Waals surface area (Å²) in [6, 6.07) is 3.10. The number of hydrogen-bond acceptors (Lipinski definition) is 7. The third-order valence-electron chi connectivity index (χ3n) is 17.9. The van der Waals surface area contributed by atoms with Crippen LogP contribution in [0.5, 0.6) is 0 Å². The fourth-order valence-electron chi connectivity index (χ4n) is 11.7. The average Bonchev–Trinajstić information content (AvgIpc) is 0.848. The molecule has 0 saturated heterocycles. The molecule has 5 N–H and O–H groups in total. The summed E-state index contributed by atoms with van der Waals surface area (Å²) in [5.74, 6) is 0. The molecule has 30 nitrogen and oxygen atoms in total. The summed E-state index contributed by atoms with van der Waals surface area (Å²) in [5.41, 5.74) is -0.786. The van der Waals surface area contributed by atoms with Gasteiger partial charge >= 0.3 is 17.4 Å². The normalized spacial score (nSPS) is 8.71. The first-order valence-corrected chi connectivity index (χ1v) is 36.3. The van der Waals surface area contributed by atoms with Crippen LogP contribution >= 0.6 is 0 Å². The molecule has 1 aromatic rings. The third-order valence-corrected chi connectivity index (χ3v) is 17.9. The van der Waals surface area contributed by atoms with Crippen LogP contribution in [0.1, 0.15) is 322 Å². The van der Waals surface area contributed by atoms with E-state index in [-0.39, 0.29) is 281 Å². The molecule has 1 aromatic heterocycles. The molecule has 111 heavy (non-hydrogen) atoms. The van der Waals surface area contributed by atoms with Crippen LogP contribution in [-0.4, -0.2) is 169 Å². The summed E-state index contributed by atoms with van der Waals surface area (Å²) in [5, 5.41) is 32.4. The molecular formula is C73H159BrCrMo6N5O25-33. The molecule has 0 aliphatic rings. The van der Waals surface area contributed by atoms with E-state index in [9.17, 15) is 15.3 Å². The van der Waals surface area contributed by atoms with E-state index in [1.807, 2.05) is 0 Å². The smallest absolute Gasteiger partial charge is 2.00 e. The Labute approximate surface area is 788 Å². The minimum absolute atomic E-state index is 0. The van der Waals surface area contributed by atoms with Gasteiger partial charge in [0, 0.05) is 139 Å². The molecule has 0 saturated carbocycles. The minimum Gasteiger partial charge on any atom is -2.00 e. The summed E-state index contributed by atoms with van der Waals surface area (Å²) < 4.78 is 5.68. The van der Waals surface area contributed by atoms with Crippen molar-refractivity contribution in [1.82, 2.24) is 4.98 Å². The van der Waals surface area contributed by atoms with E-state index >= 15 is 0 Å². The largest absolute Gasteiger partial charge is 6.00 e. The van der Waals surface area contributed by atoms with Gasteiger partial charge in [-0.3, -0.25) is 4.98 Å². The van der Waals surface area contributed by atoms with Crippen LogP contribution in [0.25, 0.3) is 0 Å². The summed E-state index contributed by atoms with van der Waals surface area (Å²) in [6.45, 7) is 58.1. The van der Waals surface area contributed by atoms with E-state index in [2.05, 4.69) is 116 Å². The van der Waals surface area contributed by atoms with Crippen LogP contribution in [0.2, 0.25) is 0 Å². The quantitative estimate of drug-likeness (QED) is 0.0447. The zero-order chi connectivity index (χ0) is 61.7. The van der Waals surface area contributed by atoms with Gasteiger partial charge < -0.3 is 171 Å². The van der Waals surface area contributed by atoms with Gasteiger partial charge in [-0.2, -0.15) is 0 Å². The minimum atomic E-state index is -1.29. The Morgan fingerprint density at radius 2 is 0.324 bits per heavy atom. The standard InChI is InChI=1S/4C16H36N.C9H10NO3.BrH.Cr.6Mo.4H2O.18O/c4*1-5-9-13-17(14-10-6-2,15-11-7-3)16-12-8-4;11-5-9(6-12,7-13)8-1-3-10-4-2-8;;;;;;;;;;;;;;;;;;;;;;;;;;;;;;/h4*5-16H2,1-4H3;1-4H,5-7H2;1H;;;;;;;;4*1H2;;;;;;;;;;;;;;;;;;/q4*+1;-3;;+6;;;;;;;;;;;18*-2/p-4. The summed E-state index contributed by atoms with van der Waals surface area (Å²) in [7, 11) is 0. The predicted molar refractivity (Wildman–Crippen MR) is 380 cm³/mol. The van der Waals surface area contributed by atoms with Gasteiger partial charge in [0.15, 0.2) is 0 Å². The van der Waals surface area contributed by atoms with E-state index in [1.165, 1.54) is 341 Å². The van der Waals surface area contributed by atoms with Crippen molar-refractivity contribution in [3.63, 3.8) is 0 Å². The van der Waals surface area contributed by atoms with Crippen molar-refractivity contribution in [3.8, 4) is 0 Å². The maximum absolute atomic E-state index is 10.8. The van der Waals surface area contributed by atoms with Gasteiger partial charge in [-0.15, -0.1) is 19.8 Å². The van der Waals surface area contributed by atoms with Gasteiger partial charge in [-0.25, -0.2) is 0 Å². The fourth-order valence-corrected chi connectivity index (χ4v) is 11.7. The number of unbranched alkanes of at least 4 members (excludes halogenated alkanes) is 16. The molecule has 0 fully saturated rings. The van der Waals surface area contributed by atoms with Crippen LogP contribution in [0.3, 0.4) is 0 Å². The molecule has 0 radical (unpaired) electrons. The first-order valence-electron chi connectivity index (χ1n) is 36.3. The molecule has 0 bridgehead atoms. The molecule has 1 rings (SSSR count). The second-order valence-corrected chi connectivity index (χ2v) is 25.6. The van der Waals surface area contributed by atoms with E-state index < -0.39 is 25.2 Å². The van der Waals surface area contributed by atoms with Crippen LogP contribution in [0, 0.1) is 0 Å². The summed E-state index contributed by atoms with van der Waals surface area (Å²) in [6.07, 6.45) is 47.2. The van der Waals surface area contributed by atoms with Crippen LogP contribution in [0.15, 0.2) is 24.5 Å². The molecule has 0 aliphatic carbocycles. The van der Waals surface area contributed by atoms with Crippen molar-refractivity contribution in [2.24, 2.45) is 0 Å². The second kappa shape index (κ2) is 168. The molecule has 38 heteroatoms. The van der Waals surface area contributed by atoms with E-state index in [4.69, 9.17) is 0 Å². The Morgan fingerprint density at radius 3 is 0.396 bits per heavy atom. The van der Waals surface area contributed by atoms with Crippen molar-refractivity contribution in [2.45, 2.75) is 322 Å². The van der Waals surface area contributed by atoms with E-state index in [0.717, 1.165) is 0 Å². The van der Waals surface area contributed by atoms with E-state index in [0.29, 0.717) is 5.56 Å². The Bertz CT molecular complexity index is 1140. The van der Waals surface area contributed by atoms with Gasteiger partial charge in [-0.05, 0) is 120 Å². The van der Waals surface area contributed by atoms with Crippen LogP contribution in [0.4, 0.5) is 0 Å². The zero-order valence-electron chi connectivity index (χ0n) is 71.3. The molecule has 0 amide bonds. The zero-order valence-corrected chi connectivity index (χ0v) is 86.2. The monoisotopic (exact) mass is 2220 g/mol. The van der Waals surface area contributed by atoms with Gasteiger partial charge in [0.05, 0.1) is 105 Å². The molecule has 708 valence electrons. The number of aromatic nitrogens is 1. The maximum Gasteiger partial charge on any atom is 6.00 e. The Morgan fingerprint density at radius 1 is 0.234 bits per heavy atom. The molecular weight excluding hydrogens is 2050 g/mol. The number of nitrogens with zero attached hydrogens (tertiary/aromatic N) is 5. The van der Waals surface area contributed by atoms with Crippen molar-refractivity contribution < 1.29 is 314 Å². The number of rotatable bonds is 52. The van der Waals surface area contributed by atoms with Crippen molar-refractivity contribution in [1.29, 1.82) is 0 Å². The Hall–Kier alpha value is 3.13. The first-order chi connectivity index (χ1) is 39.3. The molecule has 0 aliphatic heterocycles. The third kappa shape index (κ3) is 124. The molecule has 0 aromatic carbocycles. The van der Waals surface area contributed by atoms with Gasteiger partial charge in [0.1, 0.15) is 0 Å². The second-order valence-electron chi connectivity index (χ2n) is 25.6. The van der Waals surface area contributed by atoms with Crippen LogP contribution < -0.4 is 32.3 Å². The number of pyridine rings is 1. The van der Waals surface area contributed by atoms with Crippen molar-refractivity contribution >= 4 is 0 Å². The summed E-state index contributed by atoms with van der Waals surface area (Å²) >= 11 is 0. The molecule has 0 spiro atoms. The van der Waals surface area contributed by atoms with Crippen molar-refractivity contribution in [2.75, 3.05) is 125 Å². The number of hydrogen-bond donors (Lipinski definition) is 0. The Balaban J connectivity index is -0.0000000196. The Kier molecular flexibility index (Phi) is 343. The van der Waals surface area contributed by atoms with Gasteiger partial charge in [0.25, 0.3) is 0 Å². The van der Waals surface area contributed by atoms with Crippen LogP contribution in [-0.2, 0) is 248 Å². The van der Waals surface area contributed by atoms with Gasteiger partial charge in [0.2, 0.25) is 0 Å². The first kappa shape index (κ1) is 227. The number of halogens is 1. The molecule has 0 atom stereocenters. The fraction of sp³-hybridized carbons (Fsp3) is 0.932. The predicted octanol–water partition coefficient (Wildman–Crippen LogP) is 10.9. The number of quaternary nitrogens is 4. The van der Waals surface area contributed by atoms with E-state index in [1.54, 1.807) is 12.1 Å². The van der Waals surface area contributed by atoms with Crippen molar-refractivity contribution in [3.05, 3.63) is 30.1 Å². The van der Waals surface area contributed by atoms with Gasteiger partial charge in [-0.1, -0.05) is 219 Å². The summed E-state index contributed by atoms with van der Waals surface area (Å²) in [4.78, 5) is 3.76. The molecule has 1 heterocycles. The maximum atomic E-state index is 10.8. The molecule has 0 unspecified atom stereocenters. The average molecular weight is 2210 g/mol.